The Labute approximate surface area is 79.5 Å². The van der Waals surface area contributed by atoms with Gasteiger partial charge in [0.2, 0.25) is 0 Å². The molecule has 0 aliphatic heterocycles. The van der Waals surface area contributed by atoms with Crippen LogP contribution in [0.2, 0.25) is 5.15 Å². The number of hydrogen-bond donors (Lipinski definition) is 0. The Bertz CT molecular complexity index is 351. The number of methoxy groups -OCH3 is 1. The van der Waals surface area contributed by atoms with E-state index in [1.165, 1.54) is 19.2 Å². The van der Waals surface area contributed by atoms with Gasteiger partial charge in [0.15, 0.2) is 6.29 Å². The fourth-order valence-corrected chi connectivity index (χ4v) is 0.976. The highest BCUT2D eigenvalue weighted by atomic mass is 35.5. The molecule has 0 unspecified atom stereocenters. The number of esters is 1. The Balaban J connectivity index is 3.20. The monoisotopic (exact) mass is 199 g/mol. The Morgan fingerprint density at radius 1 is 1.62 bits per heavy atom. The van der Waals surface area contributed by atoms with Gasteiger partial charge in [-0.1, -0.05) is 11.6 Å². The molecule has 0 saturated heterocycles. The third-order valence-corrected chi connectivity index (χ3v) is 1.62. The number of pyridine rings is 1. The smallest absolute Gasteiger partial charge is 0.340 e. The number of aromatic nitrogens is 1. The van der Waals surface area contributed by atoms with Gasteiger partial charge in [0.25, 0.3) is 0 Å². The van der Waals surface area contributed by atoms with Gasteiger partial charge in [0, 0.05) is 0 Å². The summed E-state index contributed by atoms with van der Waals surface area (Å²) in [4.78, 5) is 25.2. The molecule has 1 aromatic rings. The molecule has 0 bridgehead atoms. The lowest BCUT2D eigenvalue weighted by Gasteiger charge is -2.00. The Morgan fingerprint density at radius 3 is 2.85 bits per heavy atom. The van der Waals surface area contributed by atoms with E-state index < -0.39 is 5.97 Å². The van der Waals surface area contributed by atoms with E-state index in [0.717, 1.165) is 0 Å². The fraction of sp³-hybridized carbons (Fsp3) is 0.125. The van der Waals surface area contributed by atoms with Crippen molar-refractivity contribution in [3.63, 3.8) is 0 Å². The first-order valence-corrected chi connectivity index (χ1v) is 3.77. The van der Waals surface area contributed by atoms with Gasteiger partial charge in [-0.3, -0.25) is 4.79 Å². The van der Waals surface area contributed by atoms with E-state index in [4.69, 9.17) is 11.6 Å². The lowest BCUT2D eigenvalue weighted by atomic mass is 10.2. The molecule has 1 rings (SSSR count). The van der Waals surface area contributed by atoms with Crippen molar-refractivity contribution >= 4 is 23.9 Å². The van der Waals surface area contributed by atoms with Crippen molar-refractivity contribution in [3.05, 3.63) is 28.5 Å². The SMILES string of the molecule is COC(=O)c1ccc(Cl)nc1C=O. The Morgan fingerprint density at radius 2 is 2.31 bits per heavy atom. The first kappa shape index (κ1) is 9.67. The first-order valence-electron chi connectivity index (χ1n) is 3.39. The number of carbonyl (C=O) groups is 2. The molecule has 0 N–H and O–H groups in total. The number of rotatable bonds is 2. The predicted octanol–water partition coefficient (Wildman–Crippen LogP) is 1.33. The average molecular weight is 200 g/mol. The van der Waals surface area contributed by atoms with Crippen LogP contribution in [0.4, 0.5) is 0 Å². The molecule has 68 valence electrons. The number of halogens is 1. The molecule has 0 radical (unpaired) electrons. The van der Waals surface area contributed by atoms with E-state index in [1.54, 1.807) is 0 Å². The van der Waals surface area contributed by atoms with E-state index in [1.807, 2.05) is 0 Å². The summed E-state index contributed by atoms with van der Waals surface area (Å²) in [6.07, 6.45) is 0.456. The lowest BCUT2D eigenvalue weighted by molar-refractivity contribution is 0.0597. The number of carbonyl (C=O) groups excluding carboxylic acids is 2. The molecular formula is C8H6ClNO3. The highest BCUT2D eigenvalue weighted by Gasteiger charge is 2.12. The molecule has 4 nitrogen and oxygen atoms in total. The topological polar surface area (TPSA) is 56.3 Å². The predicted molar refractivity (Wildman–Crippen MR) is 46.0 cm³/mol. The van der Waals surface area contributed by atoms with Crippen LogP contribution >= 0.6 is 11.6 Å². The van der Waals surface area contributed by atoms with Crippen molar-refractivity contribution < 1.29 is 14.3 Å². The summed E-state index contributed by atoms with van der Waals surface area (Å²) in [5, 5.41) is 0.162. The van der Waals surface area contributed by atoms with Gasteiger partial charge in [-0.15, -0.1) is 0 Å². The second-order valence-electron chi connectivity index (χ2n) is 2.18. The van der Waals surface area contributed by atoms with E-state index in [2.05, 4.69) is 9.72 Å². The van der Waals surface area contributed by atoms with Gasteiger partial charge in [-0.05, 0) is 12.1 Å². The molecule has 0 aromatic carbocycles. The van der Waals surface area contributed by atoms with Crippen LogP contribution in [0.3, 0.4) is 0 Å². The van der Waals surface area contributed by atoms with Crippen molar-refractivity contribution in [1.82, 2.24) is 4.98 Å². The van der Waals surface area contributed by atoms with Gasteiger partial charge in [-0.2, -0.15) is 0 Å². The molecule has 5 heteroatoms. The summed E-state index contributed by atoms with van der Waals surface area (Å²) in [6, 6.07) is 2.81. The highest BCUT2D eigenvalue weighted by molar-refractivity contribution is 6.29. The van der Waals surface area contributed by atoms with Gasteiger partial charge in [-0.25, -0.2) is 9.78 Å². The maximum absolute atomic E-state index is 11.0. The van der Waals surface area contributed by atoms with Gasteiger partial charge in [0.1, 0.15) is 10.8 Å². The van der Waals surface area contributed by atoms with E-state index >= 15 is 0 Å². The second kappa shape index (κ2) is 4.00. The molecule has 0 aliphatic rings. The van der Waals surface area contributed by atoms with E-state index in [9.17, 15) is 9.59 Å². The number of hydrogen-bond acceptors (Lipinski definition) is 4. The van der Waals surface area contributed by atoms with Crippen LogP contribution in [0.15, 0.2) is 12.1 Å². The molecule has 0 aliphatic carbocycles. The van der Waals surface area contributed by atoms with Crippen LogP contribution in [-0.4, -0.2) is 24.3 Å². The van der Waals surface area contributed by atoms with Crippen LogP contribution in [0.25, 0.3) is 0 Å². The summed E-state index contributed by atoms with van der Waals surface area (Å²) in [6.45, 7) is 0. The quantitative estimate of drug-likeness (QED) is 0.410. The minimum atomic E-state index is -0.605. The summed E-state index contributed by atoms with van der Waals surface area (Å²) >= 11 is 5.52. The maximum Gasteiger partial charge on any atom is 0.340 e. The number of aldehydes is 1. The summed E-state index contributed by atoms with van der Waals surface area (Å²) < 4.78 is 4.44. The maximum atomic E-state index is 11.0. The number of nitrogens with zero attached hydrogens (tertiary/aromatic N) is 1. The minimum absolute atomic E-state index is 0.0145. The molecule has 0 saturated carbocycles. The standard InChI is InChI=1S/C8H6ClNO3/c1-13-8(12)5-2-3-7(9)10-6(5)4-11/h2-4H,1H3. The first-order chi connectivity index (χ1) is 6.19. The zero-order valence-electron chi connectivity index (χ0n) is 6.78. The molecule has 13 heavy (non-hydrogen) atoms. The Hall–Kier alpha value is -1.42. The summed E-state index contributed by atoms with van der Waals surface area (Å²) in [5.41, 5.74) is 0.0984. The van der Waals surface area contributed by atoms with Crippen molar-refractivity contribution in [2.75, 3.05) is 7.11 Å². The normalized spacial score (nSPS) is 9.38. The number of ether oxygens (including phenoxy) is 1. The van der Waals surface area contributed by atoms with Crippen molar-refractivity contribution in [1.29, 1.82) is 0 Å². The Kier molecular flexibility index (Phi) is 2.97. The minimum Gasteiger partial charge on any atom is -0.465 e. The lowest BCUT2D eigenvalue weighted by Crippen LogP contribution is -2.06. The van der Waals surface area contributed by atoms with E-state index in [0.29, 0.717) is 6.29 Å². The molecule has 0 spiro atoms. The van der Waals surface area contributed by atoms with Gasteiger partial charge in [0.05, 0.1) is 12.7 Å². The third kappa shape index (κ3) is 2.03. The van der Waals surface area contributed by atoms with Crippen molar-refractivity contribution in [2.45, 2.75) is 0 Å². The van der Waals surface area contributed by atoms with Gasteiger partial charge < -0.3 is 4.74 Å². The van der Waals surface area contributed by atoms with Crippen molar-refractivity contribution in [2.24, 2.45) is 0 Å². The third-order valence-electron chi connectivity index (χ3n) is 1.41. The van der Waals surface area contributed by atoms with Gasteiger partial charge >= 0.3 is 5.97 Å². The van der Waals surface area contributed by atoms with Crippen LogP contribution < -0.4 is 0 Å². The van der Waals surface area contributed by atoms with Crippen LogP contribution in [0, 0.1) is 0 Å². The fourth-order valence-electron chi connectivity index (χ4n) is 0.822. The van der Waals surface area contributed by atoms with Crippen LogP contribution in [0.1, 0.15) is 20.8 Å². The molecule has 0 amide bonds. The molecule has 1 heterocycles. The summed E-state index contributed by atoms with van der Waals surface area (Å²) in [5.74, 6) is -0.605. The van der Waals surface area contributed by atoms with E-state index in [-0.39, 0.29) is 16.4 Å². The van der Waals surface area contributed by atoms with Crippen molar-refractivity contribution in [3.8, 4) is 0 Å². The van der Waals surface area contributed by atoms with Crippen LogP contribution in [-0.2, 0) is 4.74 Å². The molecule has 0 atom stereocenters. The molecule has 1 aromatic heterocycles. The zero-order chi connectivity index (χ0) is 9.84. The second-order valence-corrected chi connectivity index (χ2v) is 2.56. The summed E-state index contributed by atoms with van der Waals surface area (Å²) in [7, 11) is 1.23. The zero-order valence-corrected chi connectivity index (χ0v) is 7.54. The molecular weight excluding hydrogens is 194 g/mol. The molecule has 0 fully saturated rings. The highest BCUT2D eigenvalue weighted by Crippen LogP contribution is 2.10. The van der Waals surface area contributed by atoms with Crippen LogP contribution in [0.5, 0.6) is 0 Å². The average Bonchev–Trinajstić information content (AvgIpc) is 2.16. The largest absolute Gasteiger partial charge is 0.465 e.